The lowest BCUT2D eigenvalue weighted by atomic mass is 9.95. The van der Waals surface area contributed by atoms with E-state index in [1.807, 2.05) is 24.3 Å². The van der Waals surface area contributed by atoms with Crippen LogP contribution in [0.2, 0.25) is 0 Å². The highest BCUT2D eigenvalue weighted by Crippen LogP contribution is 2.36. The molecule has 0 N–H and O–H groups in total. The molecule has 10 heteroatoms. The van der Waals surface area contributed by atoms with E-state index >= 15 is 0 Å². The molecule has 0 saturated heterocycles. The highest BCUT2D eigenvalue weighted by Gasteiger charge is 2.33. The number of rotatable bonds is 6. The quantitative estimate of drug-likeness (QED) is 0.439. The minimum absolute atomic E-state index is 0.214. The van der Waals surface area contributed by atoms with Crippen LogP contribution in [0.1, 0.15) is 30.3 Å². The Morgan fingerprint density at radius 3 is 2.58 bits per heavy atom. The number of methoxy groups -OCH3 is 2. The Labute approximate surface area is 206 Å². The van der Waals surface area contributed by atoms with Gasteiger partial charge in [-0.3, -0.25) is 9.36 Å². The van der Waals surface area contributed by atoms with Gasteiger partial charge in [0, 0.05) is 4.88 Å². The predicted molar refractivity (Wildman–Crippen MR) is 132 cm³/mol. The van der Waals surface area contributed by atoms with Crippen molar-refractivity contribution < 1.29 is 19.0 Å². The summed E-state index contributed by atoms with van der Waals surface area (Å²) in [5.41, 5.74) is 1.30. The van der Waals surface area contributed by atoms with Gasteiger partial charge in [-0.25, -0.2) is 9.79 Å². The first kappa shape index (κ1) is 23.5. The second-order valence-corrected chi connectivity index (χ2v) is 10.6. The summed E-state index contributed by atoms with van der Waals surface area (Å²) in [4.78, 5) is 32.6. The van der Waals surface area contributed by atoms with Gasteiger partial charge >= 0.3 is 5.97 Å². The van der Waals surface area contributed by atoms with Crippen molar-refractivity contribution in [2.45, 2.75) is 19.9 Å². The molecular formula is C23H21BrN2O5S2. The van der Waals surface area contributed by atoms with E-state index in [1.165, 1.54) is 22.7 Å². The first-order chi connectivity index (χ1) is 15.9. The average molecular weight is 549 g/mol. The highest BCUT2D eigenvalue weighted by atomic mass is 79.9. The van der Waals surface area contributed by atoms with Crippen LogP contribution in [-0.4, -0.2) is 31.4 Å². The Morgan fingerprint density at radius 2 is 1.94 bits per heavy atom. The number of thiophene rings is 1. The van der Waals surface area contributed by atoms with Gasteiger partial charge in [0.15, 0.2) is 16.3 Å². The molecule has 1 atom stereocenters. The first-order valence-corrected chi connectivity index (χ1v) is 12.5. The van der Waals surface area contributed by atoms with Gasteiger partial charge in [0.2, 0.25) is 0 Å². The number of hydrogen-bond acceptors (Lipinski definition) is 8. The topological polar surface area (TPSA) is 79.1 Å². The summed E-state index contributed by atoms with van der Waals surface area (Å²) in [7, 11) is 3.09. The van der Waals surface area contributed by atoms with Crippen LogP contribution >= 0.6 is 38.6 Å². The molecule has 0 amide bonds. The van der Waals surface area contributed by atoms with Crippen molar-refractivity contribution in [1.82, 2.24) is 4.57 Å². The van der Waals surface area contributed by atoms with E-state index in [4.69, 9.17) is 14.2 Å². The van der Waals surface area contributed by atoms with Gasteiger partial charge in [-0.15, -0.1) is 11.3 Å². The molecule has 0 fully saturated rings. The summed E-state index contributed by atoms with van der Waals surface area (Å²) in [6.45, 7) is 3.72. The number of hydrogen-bond donors (Lipinski definition) is 0. The number of nitrogens with zero attached hydrogens (tertiary/aromatic N) is 2. The zero-order chi connectivity index (χ0) is 23.7. The lowest BCUT2D eigenvalue weighted by Crippen LogP contribution is -2.39. The van der Waals surface area contributed by atoms with E-state index < -0.39 is 12.0 Å². The molecule has 4 rings (SSSR count). The molecule has 33 heavy (non-hydrogen) atoms. The summed E-state index contributed by atoms with van der Waals surface area (Å²) in [6.07, 6.45) is 1.84. The molecule has 1 aliphatic heterocycles. The number of benzene rings is 1. The number of ether oxygens (including phenoxy) is 3. The summed E-state index contributed by atoms with van der Waals surface area (Å²) in [6, 6.07) is 8.51. The molecule has 1 aromatic carbocycles. The van der Waals surface area contributed by atoms with E-state index in [9.17, 15) is 9.59 Å². The number of fused-ring (bicyclic) bond motifs is 1. The maximum atomic E-state index is 13.6. The number of esters is 1. The largest absolute Gasteiger partial charge is 0.493 e. The number of carbonyl (C=O) groups is 1. The lowest BCUT2D eigenvalue weighted by molar-refractivity contribution is -0.139. The van der Waals surface area contributed by atoms with Gasteiger partial charge in [0.1, 0.15) is 0 Å². The Kier molecular flexibility index (Phi) is 6.87. The summed E-state index contributed by atoms with van der Waals surface area (Å²) < 4.78 is 19.2. The number of thiazole rings is 1. The van der Waals surface area contributed by atoms with Crippen LogP contribution in [0, 0.1) is 0 Å². The molecule has 0 spiro atoms. The van der Waals surface area contributed by atoms with Crippen molar-refractivity contribution in [3.8, 4) is 11.5 Å². The molecule has 2 aromatic heterocycles. The van der Waals surface area contributed by atoms with Crippen LogP contribution in [0.5, 0.6) is 11.5 Å². The van der Waals surface area contributed by atoms with Crippen LogP contribution in [0.3, 0.4) is 0 Å². The molecule has 0 radical (unpaired) electrons. The van der Waals surface area contributed by atoms with Crippen molar-refractivity contribution in [1.29, 1.82) is 0 Å². The lowest BCUT2D eigenvalue weighted by Gasteiger charge is -2.25. The summed E-state index contributed by atoms with van der Waals surface area (Å²) in [5, 5.41) is 0. The van der Waals surface area contributed by atoms with Gasteiger partial charge in [0.05, 0.1) is 46.5 Å². The van der Waals surface area contributed by atoms with Gasteiger partial charge in [-0.05, 0) is 65.7 Å². The van der Waals surface area contributed by atoms with E-state index in [2.05, 4.69) is 20.9 Å². The van der Waals surface area contributed by atoms with Crippen molar-refractivity contribution in [3.63, 3.8) is 0 Å². The third-order valence-corrected chi connectivity index (χ3v) is 7.66. The van der Waals surface area contributed by atoms with Crippen LogP contribution < -0.4 is 24.4 Å². The Hall–Kier alpha value is -2.69. The Bertz CT molecular complexity index is 1430. The maximum absolute atomic E-state index is 13.6. The third kappa shape index (κ3) is 4.42. The van der Waals surface area contributed by atoms with Crippen molar-refractivity contribution >= 4 is 50.6 Å². The van der Waals surface area contributed by atoms with E-state index in [0.29, 0.717) is 37.7 Å². The second-order valence-electron chi connectivity index (χ2n) is 7.06. The Balaban J connectivity index is 1.97. The molecule has 0 saturated carbocycles. The van der Waals surface area contributed by atoms with E-state index in [1.54, 1.807) is 44.8 Å². The van der Waals surface area contributed by atoms with Gasteiger partial charge < -0.3 is 14.2 Å². The fourth-order valence-electron chi connectivity index (χ4n) is 3.66. The van der Waals surface area contributed by atoms with Crippen LogP contribution in [0.15, 0.2) is 55.2 Å². The highest BCUT2D eigenvalue weighted by molar-refractivity contribution is 9.11. The van der Waals surface area contributed by atoms with Gasteiger partial charge in [-0.1, -0.05) is 17.4 Å². The number of carbonyl (C=O) groups excluding carboxylic acids is 1. The monoisotopic (exact) mass is 548 g/mol. The molecular weight excluding hydrogens is 528 g/mol. The molecule has 7 nitrogen and oxygen atoms in total. The summed E-state index contributed by atoms with van der Waals surface area (Å²) >= 11 is 6.27. The molecule has 3 aromatic rings. The van der Waals surface area contributed by atoms with Crippen molar-refractivity contribution in [3.05, 3.63) is 75.5 Å². The van der Waals surface area contributed by atoms with E-state index in [-0.39, 0.29) is 12.2 Å². The molecule has 172 valence electrons. The van der Waals surface area contributed by atoms with Crippen LogP contribution in [0.25, 0.3) is 6.08 Å². The molecule has 0 aliphatic carbocycles. The third-order valence-electron chi connectivity index (χ3n) is 5.11. The number of halogens is 1. The zero-order valence-corrected chi connectivity index (χ0v) is 21.6. The van der Waals surface area contributed by atoms with Crippen LogP contribution in [-0.2, 0) is 9.53 Å². The molecule has 0 unspecified atom stereocenters. The Morgan fingerprint density at radius 1 is 1.18 bits per heavy atom. The van der Waals surface area contributed by atoms with Crippen molar-refractivity contribution in [2.75, 3.05) is 20.8 Å². The molecule has 3 heterocycles. The van der Waals surface area contributed by atoms with Gasteiger partial charge in [-0.2, -0.15) is 0 Å². The standard InChI is InChI=1S/C23H21BrN2O5S2/c1-5-31-22(28)19-12(2)25-23-26(20(19)13-6-8-15(29-3)16(10-13)30-4)21(27)17(33-23)11-14-7-9-18(24)32-14/h6-11,20H,5H2,1-4H3/b17-11+/t20-/m1/s1. The number of allylic oxidation sites excluding steroid dienone is 1. The van der Waals surface area contributed by atoms with Gasteiger partial charge in [0.25, 0.3) is 5.56 Å². The zero-order valence-electron chi connectivity index (χ0n) is 18.4. The number of aromatic nitrogens is 1. The second kappa shape index (κ2) is 9.66. The first-order valence-electron chi connectivity index (χ1n) is 10.0. The predicted octanol–water partition coefficient (Wildman–Crippen LogP) is 3.64. The summed E-state index contributed by atoms with van der Waals surface area (Å²) in [5.74, 6) is 0.545. The average Bonchev–Trinajstić information content (AvgIpc) is 3.34. The smallest absolute Gasteiger partial charge is 0.338 e. The van der Waals surface area contributed by atoms with Crippen LogP contribution in [0.4, 0.5) is 0 Å². The fourth-order valence-corrected chi connectivity index (χ4v) is 6.14. The fraction of sp³-hybridized carbons (Fsp3) is 0.261. The molecule has 1 aliphatic rings. The minimum Gasteiger partial charge on any atom is -0.493 e. The minimum atomic E-state index is -0.711. The van der Waals surface area contributed by atoms with E-state index in [0.717, 1.165) is 8.66 Å². The normalized spacial score (nSPS) is 15.8. The molecule has 0 bridgehead atoms. The van der Waals surface area contributed by atoms with Crippen molar-refractivity contribution in [2.24, 2.45) is 4.99 Å². The maximum Gasteiger partial charge on any atom is 0.338 e. The SMILES string of the molecule is CCOC(=O)C1=C(C)N=c2s/c(=C/c3ccc(Br)s3)c(=O)n2[C@@H]1c1ccc(OC)c(OC)c1.